The molecule has 0 bridgehead atoms. The van der Waals surface area contributed by atoms with E-state index in [1.165, 1.54) is 23.0 Å². The molecule has 0 aliphatic heterocycles. The average Bonchev–Trinajstić information content (AvgIpc) is 3.21. The van der Waals surface area contributed by atoms with Crippen LogP contribution in [0.4, 0.5) is 5.13 Å². The topological polar surface area (TPSA) is 55.1 Å². The molecule has 1 N–H and O–H groups in total. The maximum absolute atomic E-state index is 12.0. The first-order valence-corrected chi connectivity index (χ1v) is 9.31. The van der Waals surface area contributed by atoms with E-state index in [1.54, 1.807) is 6.08 Å². The summed E-state index contributed by atoms with van der Waals surface area (Å²) in [5.41, 5.74) is 3.30. The Balaban J connectivity index is 1.66. The number of anilines is 1. The van der Waals surface area contributed by atoms with E-state index in [0.29, 0.717) is 10.9 Å². The lowest BCUT2D eigenvalue weighted by atomic mass is 9.86. The van der Waals surface area contributed by atoms with Crippen molar-refractivity contribution in [1.82, 2.24) is 4.98 Å². The second-order valence-corrected chi connectivity index (χ2v) is 7.99. The number of aryl methyl sites for hydroxylation is 1. The molecule has 0 saturated carbocycles. The van der Waals surface area contributed by atoms with E-state index in [2.05, 4.69) is 55.3 Å². The standard InChI is InChI=1S/C21H22N2O2S/c1-14-5-10-17(25-14)11-12-19(24)23-20-22-18(13-26-20)15-6-8-16(9-7-15)21(2,3)4/h5-13H,1-4H3,(H,22,23,24). The minimum absolute atomic E-state index is 0.124. The zero-order chi connectivity index (χ0) is 18.7. The number of benzene rings is 1. The molecule has 1 aromatic carbocycles. The lowest BCUT2D eigenvalue weighted by molar-refractivity contribution is -0.111. The fraction of sp³-hybridized carbons (Fsp3) is 0.238. The van der Waals surface area contributed by atoms with Crippen molar-refractivity contribution in [3.8, 4) is 11.3 Å². The summed E-state index contributed by atoms with van der Waals surface area (Å²) in [5.74, 6) is 1.23. The first-order valence-electron chi connectivity index (χ1n) is 8.43. The van der Waals surface area contributed by atoms with E-state index >= 15 is 0 Å². The molecule has 0 spiro atoms. The van der Waals surface area contributed by atoms with Gasteiger partial charge >= 0.3 is 0 Å². The third kappa shape index (κ3) is 4.49. The predicted molar refractivity (Wildman–Crippen MR) is 107 cm³/mol. The average molecular weight is 366 g/mol. The Morgan fingerprint density at radius 2 is 1.88 bits per heavy atom. The van der Waals surface area contributed by atoms with Crippen molar-refractivity contribution in [3.05, 3.63) is 64.9 Å². The molecule has 1 amide bonds. The van der Waals surface area contributed by atoms with Crippen LogP contribution in [0.15, 0.2) is 52.3 Å². The van der Waals surface area contributed by atoms with Crippen molar-refractivity contribution in [2.45, 2.75) is 33.1 Å². The van der Waals surface area contributed by atoms with Gasteiger partial charge < -0.3 is 4.42 Å². The minimum atomic E-state index is -0.233. The first kappa shape index (κ1) is 18.1. The van der Waals surface area contributed by atoms with Crippen LogP contribution in [0.25, 0.3) is 17.3 Å². The van der Waals surface area contributed by atoms with Crippen molar-refractivity contribution in [2.75, 3.05) is 5.32 Å². The minimum Gasteiger partial charge on any atom is -0.462 e. The summed E-state index contributed by atoms with van der Waals surface area (Å²) in [6, 6.07) is 12.1. The summed E-state index contributed by atoms with van der Waals surface area (Å²) in [6.45, 7) is 8.44. The van der Waals surface area contributed by atoms with Crippen molar-refractivity contribution in [2.24, 2.45) is 0 Å². The Bertz CT molecular complexity index is 928. The molecule has 5 heteroatoms. The van der Waals surface area contributed by atoms with Gasteiger partial charge in [0, 0.05) is 17.0 Å². The van der Waals surface area contributed by atoms with Crippen molar-refractivity contribution in [3.63, 3.8) is 0 Å². The van der Waals surface area contributed by atoms with E-state index < -0.39 is 0 Å². The Hall–Kier alpha value is -2.66. The van der Waals surface area contributed by atoms with Gasteiger partial charge in [0.2, 0.25) is 5.91 Å². The van der Waals surface area contributed by atoms with E-state index in [1.807, 2.05) is 24.4 Å². The number of furan rings is 1. The van der Waals surface area contributed by atoms with Crippen molar-refractivity contribution in [1.29, 1.82) is 0 Å². The van der Waals surface area contributed by atoms with Crippen LogP contribution in [0.3, 0.4) is 0 Å². The molecule has 0 radical (unpaired) electrons. The Morgan fingerprint density at radius 3 is 2.50 bits per heavy atom. The predicted octanol–water partition coefficient (Wildman–Crippen LogP) is 5.66. The molecule has 0 aliphatic rings. The molecule has 0 fully saturated rings. The number of rotatable bonds is 4. The van der Waals surface area contributed by atoms with Crippen LogP contribution >= 0.6 is 11.3 Å². The fourth-order valence-corrected chi connectivity index (χ4v) is 3.18. The van der Waals surface area contributed by atoms with Gasteiger partial charge in [-0.15, -0.1) is 11.3 Å². The molecule has 2 heterocycles. The molecule has 0 atom stereocenters. The van der Waals surface area contributed by atoms with E-state index in [4.69, 9.17) is 4.42 Å². The third-order valence-electron chi connectivity index (χ3n) is 3.94. The van der Waals surface area contributed by atoms with Gasteiger partial charge in [-0.25, -0.2) is 4.98 Å². The molecule has 0 unspecified atom stereocenters. The van der Waals surface area contributed by atoms with E-state index in [0.717, 1.165) is 17.0 Å². The SMILES string of the molecule is Cc1ccc(C=CC(=O)Nc2nc(-c3ccc(C(C)(C)C)cc3)cs2)o1. The van der Waals surface area contributed by atoms with Crippen molar-refractivity contribution >= 4 is 28.5 Å². The number of thiazole rings is 1. The number of nitrogens with zero attached hydrogens (tertiary/aromatic N) is 1. The van der Waals surface area contributed by atoms with Gasteiger partial charge in [0.25, 0.3) is 0 Å². The maximum Gasteiger partial charge on any atom is 0.250 e. The molecular weight excluding hydrogens is 344 g/mol. The van der Waals surface area contributed by atoms with Gasteiger partial charge in [0.05, 0.1) is 5.69 Å². The van der Waals surface area contributed by atoms with Crippen LogP contribution in [-0.2, 0) is 10.2 Å². The van der Waals surface area contributed by atoms with Crippen LogP contribution in [0.1, 0.15) is 37.9 Å². The zero-order valence-electron chi connectivity index (χ0n) is 15.4. The summed E-state index contributed by atoms with van der Waals surface area (Å²) in [6.07, 6.45) is 3.08. The van der Waals surface area contributed by atoms with E-state index in [-0.39, 0.29) is 11.3 Å². The normalized spacial score (nSPS) is 11.8. The number of hydrogen-bond acceptors (Lipinski definition) is 4. The van der Waals surface area contributed by atoms with Gasteiger partial charge in [-0.3, -0.25) is 10.1 Å². The molecule has 26 heavy (non-hydrogen) atoms. The van der Waals surface area contributed by atoms with Crippen LogP contribution < -0.4 is 5.32 Å². The van der Waals surface area contributed by atoms with E-state index in [9.17, 15) is 4.79 Å². The van der Waals surface area contributed by atoms with Gasteiger partial charge in [0.15, 0.2) is 5.13 Å². The summed E-state index contributed by atoms with van der Waals surface area (Å²) in [5, 5.41) is 5.30. The summed E-state index contributed by atoms with van der Waals surface area (Å²) >= 11 is 1.41. The molecule has 4 nitrogen and oxygen atoms in total. The lowest BCUT2D eigenvalue weighted by Gasteiger charge is -2.18. The van der Waals surface area contributed by atoms with Gasteiger partial charge in [-0.05, 0) is 36.1 Å². The largest absolute Gasteiger partial charge is 0.462 e. The monoisotopic (exact) mass is 366 g/mol. The van der Waals surface area contributed by atoms with Crippen molar-refractivity contribution < 1.29 is 9.21 Å². The first-order chi connectivity index (χ1) is 12.3. The summed E-state index contributed by atoms with van der Waals surface area (Å²) in [4.78, 5) is 16.5. The molecule has 3 aromatic rings. The number of aromatic nitrogens is 1. The second-order valence-electron chi connectivity index (χ2n) is 7.14. The van der Waals surface area contributed by atoms with Gasteiger partial charge in [0.1, 0.15) is 11.5 Å². The maximum atomic E-state index is 12.0. The fourth-order valence-electron chi connectivity index (χ4n) is 2.45. The summed E-state index contributed by atoms with van der Waals surface area (Å²) in [7, 11) is 0. The zero-order valence-corrected chi connectivity index (χ0v) is 16.2. The highest BCUT2D eigenvalue weighted by atomic mass is 32.1. The smallest absolute Gasteiger partial charge is 0.250 e. The highest BCUT2D eigenvalue weighted by Gasteiger charge is 2.14. The molecule has 0 saturated heterocycles. The number of hydrogen-bond donors (Lipinski definition) is 1. The molecule has 2 aromatic heterocycles. The number of carbonyl (C=O) groups is 1. The Morgan fingerprint density at radius 1 is 1.15 bits per heavy atom. The molecule has 0 aliphatic carbocycles. The molecular formula is C21H22N2O2S. The van der Waals surface area contributed by atoms with Crippen LogP contribution in [-0.4, -0.2) is 10.9 Å². The number of carbonyl (C=O) groups excluding carboxylic acids is 1. The quantitative estimate of drug-likeness (QED) is 0.606. The van der Waals surface area contributed by atoms with Gasteiger partial charge in [-0.2, -0.15) is 0 Å². The second kappa shape index (κ2) is 7.30. The highest BCUT2D eigenvalue weighted by molar-refractivity contribution is 7.14. The number of amides is 1. The van der Waals surface area contributed by atoms with Crippen LogP contribution in [0, 0.1) is 6.92 Å². The highest BCUT2D eigenvalue weighted by Crippen LogP contribution is 2.28. The Kier molecular flexibility index (Phi) is 5.09. The summed E-state index contributed by atoms with van der Waals surface area (Å²) < 4.78 is 5.40. The third-order valence-corrected chi connectivity index (χ3v) is 4.70. The molecule has 3 rings (SSSR count). The molecule has 134 valence electrons. The lowest BCUT2D eigenvalue weighted by Crippen LogP contribution is -2.10. The van der Waals surface area contributed by atoms with Crippen LogP contribution in [0.2, 0.25) is 0 Å². The number of nitrogens with one attached hydrogen (secondary N) is 1. The Labute approximate surface area is 157 Å². The van der Waals surface area contributed by atoms with Gasteiger partial charge in [-0.1, -0.05) is 45.0 Å². The van der Waals surface area contributed by atoms with Crippen LogP contribution in [0.5, 0.6) is 0 Å².